The second kappa shape index (κ2) is 6.97. The number of ether oxygens (including phenoxy) is 2. The maximum atomic E-state index is 12.6. The minimum Gasteiger partial charge on any atom is -0.347 e. The first-order chi connectivity index (χ1) is 12.2. The molecule has 7 heteroatoms. The van der Waals surface area contributed by atoms with Crippen LogP contribution in [-0.4, -0.2) is 61.1 Å². The lowest BCUT2D eigenvalue weighted by atomic mass is 10.0. The van der Waals surface area contributed by atoms with Gasteiger partial charge in [-0.05, 0) is 12.1 Å². The molecule has 2 amide bonds. The number of fused-ring (bicyclic) bond motifs is 1. The molecule has 0 N–H and O–H groups in total. The molecule has 2 fully saturated rings. The molecule has 3 aliphatic rings. The molecule has 134 valence electrons. The fourth-order valence-electron chi connectivity index (χ4n) is 3.65. The van der Waals surface area contributed by atoms with Crippen LogP contribution < -0.4 is 4.90 Å². The van der Waals surface area contributed by atoms with Gasteiger partial charge in [-0.1, -0.05) is 12.1 Å². The number of thioether (sulfide) groups is 1. The number of hydrogen-bond acceptors (Lipinski definition) is 5. The molecule has 0 unspecified atom stereocenters. The van der Waals surface area contributed by atoms with Crippen LogP contribution in [0.15, 0.2) is 29.2 Å². The quantitative estimate of drug-likeness (QED) is 0.822. The monoisotopic (exact) mass is 362 g/mol. The van der Waals surface area contributed by atoms with E-state index in [1.54, 1.807) is 16.7 Å². The van der Waals surface area contributed by atoms with E-state index in [4.69, 9.17) is 9.47 Å². The van der Waals surface area contributed by atoms with Gasteiger partial charge in [0.25, 0.3) is 0 Å². The summed E-state index contributed by atoms with van der Waals surface area (Å²) in [6.45, 7) is 3.02. The number of benzene rings is 1. The normalized spacial score (nSPS) is 22.3. The molecule has 3 heterocycles. The van der Waals surface area contributed by atoms with Crippen molar-refractivity contribution in [1.82, 2.24) is 4.90 Å². The van der Waals surface area contributed by atoms with E-state index < -0.39 is 5.79 Å². The molecule has 0 bridgehead atoms. The van der Waals surface area contributed by atoms with Gasteiger partial charge in [0.15, 0.2) is 5.79 Å². The zero-order valence-electron chi connectivity index (χ0n) is 14.1. The first-order valence-corrected chi connectivity index (χ1v) is 9.73. The zero-order valence-corrected chi connectivity index (χ0v) is 14.9. The maximum absolute atomic E-state index is 12.6. The number of para-hydroxylation sites is 1. The van der Waals surface area contributed by atoms with Crippen molar-refractivity contribution in [1.29, 1.82) is 0 Å². The predicted molar refractivity (Wildman–Crippen MR) is 94.6 cm³/mol. The third kappa shape index (κ3) is 3.41. The van der Waals surface area contributed by atoms with E-state index in [-0.39, 0.29) is 11.8 Å². The third-order valence-corrected chi connectivity index (χ3v) is 6.10. The van der Waals surface area contributed by atoms with Crippen molar-refractivity contribution >= 4 is 29.3 Å². The van der Waals surface area contributed by atoms with E-state index in [9.17, 15) is 9.59 Å². The first-order valence-electron chi connectivity index (χ1n) is 8.75. The highest BCUT2D eigenvalue weighted by atomic mass is 32.2. The second-order valence-electron chi connectivity index (χ2n) is 6.54. The predicted octanol–water partition coefficient (Wildman–Crippen LogP) is 1.88. The van der Waals surface area contributed by atoms with E-state index in [1.807, 2.05) is 29.2 Å². The van der Waals surface area contributed by atoms with Crippen LogP contribution in [-0.2, 0) is 19.1 Å². The van der Waals surface area contributed by atoms with Gasteiger partial charge in [0, 0.05) is 43.8 Å². The highest BCUT2D eigenvalue weighted by Gasteiger charge is 2.40. The van der Waals surface area contributed by atoms with E-state index >= 15 is 0 Å². The molecule has 0 aliphatic carbocycles. The molecule has 1 spiro atoms. The van der Waals surface area contributed by atoms with E-state index in [0.29, 0.717) is 45.0 Å². The highest BCUT2D eigenvalue weighted by Crippen LogP contribution is 2.35. The topological polar surface area (TPSA) is 59.1 Å². The van der Waals surface area contributed by atoms with Crippen LogP contribution in [0.25, 0.3) is 0 Å². The number of amides is 2. The summed E-state index contributed by atoms with van der Waals surface area (Å²) in [4.78, 5) is 29.5. The summed E-state index contributed by atoms with van der Waals surface area (Å²) in [6.07, 6.45) is 1.79. The standard InChI is InChI=1S/C18H22N2O4S/c21-16(19-9-6-18(7-10-19)23-11-12-24-18)5-8-20-14-3-1-2-4-15(14)25-13-17(20)22/h1-4H,5-13H2. The Bertz CT molecular complexity index is 665. The van der Waals surface area contributed by atoms with Crippen molar-refractivity contribution in [3.05, 3.63) is 24.3 Å². The van der Waals surface area contributed by atoms with Gasteiger partial charge >= 0.3 is 0 Å². The average molecular weight is 362 g/mol. The fourth-order valence-corrected chi connectivity index (χ4v) is 4.58. The Morgan fingerprint density at radius 1 is 1.16 bits per heavy atom. The molecule has 0 radical (unpaired) electrons. The molecule has 1 aromatic carbocycles. The molecular weight excluding hydrogens is 340 g/mol. The van der Waals surface area contributed by atoms with Gasteiger partial charge in [0.1, 0.15) is 0 Å². The van der Waals surface area contributed by atoms with Crippen molar-refractivity contribution < 1.29 is 19.1 Å². The lowest BCUT2D eigenvalue weighted by molar-refractivity contribution is -0.187. The number of rotatable bonds is 3. The van der Waals surface area contributed by atoms with Gasteiger partial charge in [-0.15, -0.1) is 11.8 Å². The molecule has 4 rings (SSSR count). The Morgan fingerprint density at radius 3 is 2.64 bits per heavy atom. The summed E-state index contributed by atoms with van der Waals surface area (Å²) in [5.41, 5.74) is 0.918. The summed E-state index contributed by atoms with van der Waals surface area (Å²) in [5, 5.41) is 0. The number of carbonyl (C=O) groups is 2. The number of nitrogens with zero attached hydrogens (tertiary/aromatic N) is 2. The van der Waals surface area contributed by atoms with Crippen molar-refractivity contribution in [2.75, 3.05) is 43.5 Å². The fraction of sp³-hybridized carbons (Fsp3) is 0.556. The Morgan fingerprint density at radius 2 is 1.88 bits per heavy atom. The van der Waals surface area contributed by atoms with Crippen molar-refractivity contribution in [3.8, 4) is 0 Å². The van der Waals surface area contributed by atoms with Gasteiger partial charge in [0.2, 0.25) is 11.8 Å². The van der Waals surface area contributed by atoms with Gasteiger partial charge in [-0.3, -0.25) is 9.59 Å². The Balaban J connectivity index is 1.34. The lowest BCUT2D eigenvalue weighted by Crippen LogP contribution is -2.48. The molecule has 0 saturated carbocycles. The molecule has 0 atom stereocenters. The average Bonchev–Trinajstić information content (AvgIpc) is 3.09. The number of piperidine rings is 1. The van der Waals surface area contributed by atoms with Gasteiger partial charge in [0.05, 0.1) is 24.7 Å². The minimum absolute atomic E-state index is 0.0712. The summed E-state index contributed by atoms with van der Waals surface area (Å²) < 4.78 is 11.4. The summed E-state index contributed by atoms with van der Waals surface area (Å²) in [6, 6.07) is 7.87. The molecular formula is C18H22N2O4S. The number of carbonyl (C=O) groups excluding carboxylic acids is 2. The molecule has 1 aromatic rings. The van der Waals surface area contributed by atoms with Crippen molar-refractivity contribution in [2.24, 2.45) is 0 Å². The van der Waals surface area contributed by atoms with Gasteiger partial charge in [-0.25, -0.2) is 0 Å². The van der Waals surface area contributed by atoms with Crippen LogP contribution in [0, 0.1) is 0 Å². The lowest BCUT2D eigenvalue weighted by Gasteiger charge is -2.38. The largest absolute Gasteiger partial charge is 0.347 e. The number of hydrogen-bond donors (Lipinski definition) is 0. The van der Waals surface area contributed by atoms with E-state index in [1.165, 1.54) is 0 Å². The van der Waals surface area contributed by atoms with Crippen molar-refractivity contribution in [2.45, 2.75) is 29.9 Å². The molecule has 25 heavy (non-hydrogen) atoms. The minimum atomic E-state index is -0.463. The Labute approximate surface area is 151 Å². The highest BCUT2D eigenvalue weighted by molar-refractivity contribution is 8.00. The van der Waals surface area contributed by atoms with Crippen molar-refractivity contribution in [3.63, 3.8) is 0 Å². The Kier molecular flexibility index (Phi) is 4.71. The van der Waals surface area contributed by atoms with Crippen LogP contribution in [0.5, 0.6) is 0 Å². The smallest absolute Gasteiger partial charge is 0.237 e. The molecule has 2 saturated heterocycles. The molecule has 0 aromatic heterocycles. The van der Waals surface area contributed by atoms with Crippen LogP contribution >= 0.6 is 11.8 Å². The first kappa shape index (κ1) is 16.9. The van der Waals surface area contributed by atoms with Gasteiger partial charge in [-0.2, -0.15) is 0 Å². The SMILES string of the molecule is O=C(CCN1C(=O)CSc2ccccc21)N1CCC2(CC1)OCCO2. The van der Waals surface area contributed by atoms with E-state index in [2.05, 4.69) is 0 Å². The Hall–Kier alpha value is -1.57. The summed E-state index contributed by atoms with van der Waals surface area (Å²) >= 11 is 1.56. The van der Waals surface area contributed by atoms with Crippen LogP contribution in [0.1, 0.15) is 19.3 Å². The second-order valence-corrected chi connectivity index (χ2v) is 7.56. The van der Waals surface area contributed by atoms with E-state index in [0.717, 1.165) is 23.4 Å². The molecule has 6 nitrogen and oxygen atoms in total. The zero-order chi connectivity index (χ0) is 17.3. The third-order valence-electron chi connectivity index (χ3n) is 5.05. The summed E-state index contributed by atoms with van der Waals surface area (Å²) in [5.74, 6) is 0.139. The van der Waals surface area contributed by atoms with Crippen LogP contribution in [0.3, 0.4) is 0 Å². The van der Waals surface area contributed by atoms with Gasteiger partial charge < -0.3 is 19.3 Å². The maximum Gasteiger partial charge on any atom is 0.237 e. The number of anilines is 1. The van der Waals surface area contributed by atoms with Crippen LogP contribution in [0.4, 0.5) is 5.69 Å². The summed E-state index contributed by atoms with van der Waals surface area (Å²) in [7, 11) is 0. The molecule has 3 aliphatic heterocycles. The van der Waals surface area contributed by atoms with Crippen LogP contribution in [0.2, 0.25) is 0 Å². The number of likely N-dealkylation sites (tertiary alicyclic amines) is 1.